The molecule has 2 nitrogen and oxygen atoms in total. The Hall–Kier alpha value is -0.800. The Kier molecular flexibility index (Phi) is 2.75. The summed E-state index contributed by atoms with van der Waals surface area (Å²) in [6.45, 7) is 1.14. The lowest BCUT2D eigenvalue weighted by Crippen LogP contribution is -2.33. The van der Waals surface area contributed by atoms with E-state index in [4.69, 9.17) is 29.6 Å². The molecular formula is C13H15ClN2S. The summed E-state index contributed by atoms with van der Waals surface area (Å²) in [6, 6.07) is 6.53. The van der Waals surface area contributed by atoms with Gasteiger partial charge in [-0.25, -0.2) is 0 Å². The summed E-state index contributed by atoms with van der Waals surface area (Å²) in [5.74, 6) is 0.856. The number of fused-ring (bicyclic) bond motifs is 2. The van der Waals surface area contributed by atoms with Crippen molar-refractivity contribution < 1.29 is 0 Å². The van der Waals surface area contributed by atoms with Crippen molar-refractivity contribution in [2.75, 3.05) is 11.4 Å². The van der Waals surface area contributed by atoms with Crippen molar-refractivity contribution in [1.29, 1.82) is 0 Å². The molecule has 0 aromatic heterocycles. The molecule has 90 valence electrons. The number of hydrogen-bond donors (Lipinski definition) is 1. The Labute approximate surface area is 112 Å². The molecule has 3 rings (SSSR count). The lowest BCUT2D eigenvalue weighted by Gasteiger charge is -2.30. The largest absolute Gasteiger partial charge is 0.389 e. The first-order valence-electron chi connectivity index (χ1n) is 6.01. The number of hydrogen-bond acceptors (Lipinski definition) is 2. The molecule has 0 radical (unpaired) electrons. The fraction of sp³-hybridized carbons (Fsp3) is 0.462. The predicted molar refractivity (Wildman–Crippen MR) is 75.8 cm³/mol. The zero-order valence-corrected chi connectivity index (χ0v) is 11.1. The van der Waals surface area contributed by atoms with Gasteiger partial charge in [0.1, 0.15) is 4.99 Å². The van der Waals surface area contributed by atoms with Crippen LogP contribution in [-0.2, 0) is 0 Å². The second kappa shape index (κ2) is 4.14. The first-order valence-corrected chi connectivity index (χ1v) is 6.80. The predicted octanol–water partition coefficient (Wildman–Crippen LogP) is 2.96. The molecule has 1 aliphatic heterocycles. The Morgan fingerprint density at radius 3 is 2.82 bits per heavy atom. The molecule has 2 unspecified atom stereocenters. The highest BCUT2D eigenvalue weighted by Crippen LogP contribution is 2.41. The highest BCUT2D eigenvalue weighted by molar-refractivity contribution is 7.80. The SMILES string of the molecule is NC(=S)c1cc(Cl)ccc1N1CC2CCC1C2. The van der Waals surface area contributed by atoms with E-state index in [2.05, 4.69) is 11.0 Å². The molecule has 2 N–H and O–H groups in total. The van der Waals surface area contributed by atoms with Crippen molar-refractivity contribution in [3.63, 3.8) is 0 Å². The first kappa shape index (κ1) is 11.3. The quantitative estimate of drug-likeness (QED) is 0.835. The average Bonchev–Trinajstić information content (AvgIpc) is 2.90. The third-order valence-electron chi connectivity index (χ3n) is 3.94. The summed E-state index contributed by atoms with van der Waals surface area (Å²) >= 11 is 11.1. The molecule has 4 heteroatoms. The Balaban J connectivity index is 2.00. The maximum Gasteiger partial charge on any atom is 0.106 e. The molecule has 1 saturated carbocycles. The van der Waals surface area contributed by atoms with Crippen LogP contribution in [0.4, 0.5) is 5.69 Å². The standard InChI is InChI=1S/C13H15ClN2S/c14-9-2-4-12(11(6-9)13(15)17)16-7-8-1-3-10(16)5-8/h2,4,6,8,10H,1,3,5,7H2,(H2,15,17). The van der Waals surface area contributed by atoms with E-state index in [9.17, 15) is 0 Å². The molecule has 1 aliphatic carbocycles. The fourth-order valence-corrected chi connectivity index (χ4v) is 3.51. The van der Waals surface area contributed by atoms with E-state index in [0.717, 1.165) is 23.7 Å². The van der Waals surface area contributed by atoms with Gasteiger partial charge in [-0.15, -0.1) is 0 Å². The lowest BCUT2D eigenvalue weighted by molar-refractivity contribution is 0.553. The maximum absolute atomic E-state index is 6.01. The number of nitrogens with two attached hydrogens (primary N) is 1. The van der Waals surface area contributed by atoms with Gasteiger partial charge in [-0.1, -0.05) is 23.8 Å². The topological polar surface area (TPSA) is 29.3 Å². The van der Waals surface area contributed by atoms with Crippen LogP contribution in [0.15, 0.2) is 18.2 Å². The van der Waals surface area contributed by atoms with Crippen molar-refractivity contribution in [3.05, 3.63) is 28.8 Å². The number of rotatable bonds is 2. The van der Waals surface area contributed by atoms with Gasteiger partial charge >= 0.3 is 0 Å². The van der Waals surface area contributed by atoms with E-state index in [0.29, 0.717) is 16.1 Å². The van der Waals surface area contributed by atoms with Gasteiger partial charge in [-0.05, 0) is 43.4 Å². The van der Waals surface area contributed by atoms with Crippen LogP contribution in [0.5, 0.6) is 0 Å². The van der Waals surface area contributed by atoms with Crippen molar-refractivity contribution in [2.45, 2.75) is 25.3 Å². The van der Waals surface area contributed by atoms with E-state index in [-0.39, 0.29) is 0 Å². The van der Waals surface area contributed by atoms with Crippen LogP contribution >= 0.6 is 23.8 Å². The van der Waals surface area contributed by atoms with E-state index in [1.165, 1.54) is 19.3 Å². The molecule has 2 aliphatic rings. The van der Waals surface area contributed by atoms with Crippen molar-refractivity contribution in [2.24, 2.45) is 11.7 Å². The zero-order valence-electron chi connectivity index (χ0n) is 9.53. The fourth-order valence-electron chi connectivity index (χ4n) is 3.18. The lowest BCUT2D eigenvalue weighted by atomic mass is 10.1. The summed E-state index contributed by atoms with van der Waals surface area (Å²) in [7, 11) is 0. The van der Waals surface area contributed by atoms with Gasteiger partial charge in [0.05, 0.1) is 0 Å². The number of piperidine rings is 1. The molecule has 1 aromatic rings. The van der Waals surface area contributed by atoms with Crippen molar-refractivity contribution >= 4 is 34.5 Å². The zero-order chi connectivity index (χ0) is 12.0. The first-order chi connectivity index (χ1) is 8.15. The Bertz CT molecular complexity index is 474. The maximum atomic E-state index is 6.01. The molecule has 2 bridgehead atoms. The summed E-state index contributed by atoms with van der Waals surface area (Å²) in [4.78, 5) is 2.89. The highest BCUT2D eigenvalue weighted by Gasteiger charge is 2.38. The molecule has 0 spiro atoms. The minimum Gasteiger partial charge on any atom is -0.389 e. The molecule has 1 aromatic carbocycles. The number of benzene rings is 1. The van der Waals surface area contributed by atoms with Gasteiger partial charge in [0, 0.05) is 28.9 Å². The van der Waals surface area contributed by atoms with Gasteiger partial charge in [0.25, 0.3) is 0 Å². The van der Waals surface area contributed by atoms with Crippen LogP contribution in [0.3, 0.4) is 0 Å². The molecule has 0 amide bonds. The van der Waals surface area contributed by atoms with Crippen LogP contribution in [0.25, 0.3) is 0 Å². The minimum absolute atomic E-state index is 0.435. The molecule has 1 saturated heterocycles. The second-order valence-electron chi connectivity index (χ2n) is 5.01. The summed E-state index contributed by atoms with van der Waals surface area (Å²) in [6.07, 6.45) is 3.99. The molecule has 1 heterocycles. The van der Waals surface area contributed by atoms with Gasteiger partial charge in [-0.2, -0.15) is 0 Å². The number of nitrogens with zero attached hydrogens (tertiary/aromatic N) is 1. The van der Waals surface area contributed by atoms with E-state index in [1.54, 1.807) is 0 Å². The second-order valence-corrected chi connectivity index (χ2v) is 5.89. The highest BCUT2D eigenvalue weighted by atomic mass is 35.5. The molecule has 17 heavy (non-hydrogen) atoms. The van der Waals surface area contributed by atoms with Crippen LogP contribution in [-0.4, -0.2) is 17.6 Å². The van der Waals surface area contributed by atoms with Gasteiger partial charge in [0.15, 0.2) is 0 Å². The molecular weight excluding hydrogens is 252 g/mol. The Morgan fingerprint density at radius 2 is 2.24 bits per heavy atom. The normalized spacial score (nSPS) is 26.5. The van der Waals surface area contributed by atoms with Crippen molar-refractivity contribution in [1.82, 2.24) is 0 Å². The number of thiocarbonyl (C=S) groups is 1. The third-order valence-corrected chi connectivity index (χ3v) is 4.40. The number of halogens is 1. The summed E-state index contributed by atoms with van der Waals surface area (Å²) in [5.41, 5.74) is 7.87. The average molecular weight is 267 g/mol. The monoisotopic (exact) mass is 266 g/mol. The Morgan fingerprint density at radius 1 is 1.41 bits per heavy atom. The minimum atomic E-state index is 0.435. The van der Waals surface area contributed by atoms with Crippen LogP contribution < -0.4 is 10.6 Å². The summed E-state index contributed by atoms with van der Waals surface area (Å²) in [5, 5.41) is 0.695. The molecule has 2 atom stereocenters. The van der Waals surface area contributed by atoms with Crippen LogP contribution in [0.2, 0.25) is 5.02 Å². The summed E-state index contributed by atoms with van der Waals surface area (Å²) < 4.78 is 0. The molecule has 2 fully saturated rings. The smallest absolute Gasteiger partial charge is 0.106 e. The van der Waals surface area contributed by atoms with E-state index >= 15 is 0 Å². The van der Waals surface area contributed by atoms with E-state index in [1.807, 2.05) is 12.1 Å². The van der Waals surface area contributed by atoms with Gasteiger partial charge in [-0.3, -0.25) is 0 Å². The van der Waals surface area contributed by atoms with Crippen LogP contribution in [0.1, 0.15) is 24.8 Å². The third kappa shape index (κ3) is 1.91. The van der Waals surface area contributed by atoms with Gasteiger partial charge < -0.3 is 10.6 Å². The number of anilines is 1. The van der Waals surface area contributed by atoms with E-state index < -0.39 is 0 Å². The van der Waals surface area contributed by atoms with Crippen LogP contribution in [0, 0.1) is 5.92 Å². The van der Waals surface area contributed by atoms with Gasteiger partial charge in [0.2, 0.25) is 0 Å². The van der Waals surface area contributed by atoms with Crippen molar-refractivity contribution in [3.8, 4) is 0 Å².